The normalized spacial score (nSPS) is 11.4. The van der Waals surface area contributed by atoms with Crippen molar-refractivity contribution in [1.29, 1.82) is 0 Å². The number of halogens is 2. The molecule has 0 saturated heterocycles. The van der Waals surface area contributed by atoms with E-state index in [0.717, 1.165) is 60.1 Å². The second kappa shape index (κ2) is 11.0. The maximum atomic E-state index is 15.0. The average molecular weight is 575 g/mol. The fourth-order valence-electron chi connectivity index (χ4n) is 4.46. The molecule has 0 aliphatic carbocycles. The quantitative estimate of drug-likeness (QED) is 0.170. The van der Waals surface area contributed by atoms with Crippen molar-refractivity contribution in [2.75, 3.05) is 6.61 Å². The Kier molecular flexibility index (Phi) is 7.25. The molecule has 0 amide bonds. The van der Waals surface area contributed by atoms with Crippen LogP contribution >= 0.6 is 34.4 Å². The third-order valence-electron chi connectivity index (χ3n) is 6.52. The van der Waals surface area contributed by atoms with E-state index in [-0.39, 0.29) is 11.6 Å². The Morgan fingerprint density at radius 3 is 1.72 bits per heavy atom. The predicted molar refractivity (Wildman–Crippen MR) is 160 cm³/mol. The molecule has 0 saturated carbocycles. The molecule has 3 aromatic heterocycles. The van der Waals surface area contributed by atoms with Crippen LogP contribution in [-0.4, -0.2) is 15.4 Å². The van der Waals surface area contributed by atoms with Crippen molar-refractivity contribution in [3.8, 4) is 47.5 Å². The molecule has 0 aliphatic rings. The summed E-state index contributed by atoms with van der Waals surface area (Å²) in [6.07, 6.45) is 1.97. The zero-order valence-electron chi connectivity index (χ0n) is 21.3. The van der Waals surface area contributed by atoms with Crippen molar-refractivity contribution in [1.82, 2.24) is 8.75 Å². The van der Waals surface area contributed by atoms with Crippen molar-refractivity contribution in [3.63, 3.8) is 0 Å². The lowest BCUT2D eigenvalue weighted by Gasteiger charge is -2.07. The van der Waals surface area contributed by atoms with Crippen molar-refractivity contribution < 1.29 is 13.5 Å². The lowest BCUT2D eigenvalue weighted by Crippen LogP contribution is -1.97. The van der Waals surface area contributed by atoms with Gasteiger partial charge in [-0.3, -0.25) is 0 Å². The van der Waals surface area contributed by atoms with E-state index in [1.807, 2.05) is 61.5 Å². The molecule has 8 heteroatoms. The van der Waals surface area contributed by atoms with Crippen LogP contribution in [0.15, 0.2) is 72.8 Å². The summed E-state index contributed by atoms with van der Waals surface area (Å²) in [4.78, 5) is 3.70. The number of unbranched alkanes of at least 4 members (excludes halogenated alkanes) is 1. The van der Waals surface area contributed by atoms with E-state index in [1.54, 1.807) is 12.1 Å². The maximum Gasteiger partial charge on any atom is 0.135 e. The first-order valence-electron chi connectivity index (χ1n) is 12.7. The number of hydrogen-bond acceptors (Lipinski definition) is 6. The Hall–Kier alpha value is -3.46. The second-order valence-corrected chi connectivity index (χ2v) is 12.0. The summed E-state index contributed by atoms with van der Waals surface area (Å²) >= 11 is 4.23. The lowest BCUT2D eigenvalue weighted by atomic mass is 10.1. The molecule has 39 heavy (non-hydrogen) atoms. The summed E-state index contributed by atoms with van der Waals surface area (Å²) < 4.78 is 44.4. The SMILES string of the molecule is CCCCOc1ccc(-c2ccc(-c3ccc(-c4ccc(-c5ccc(C)cc5F)s4)c4nsnc34)s2)c(F)c1. The highest BCUT2D eigenvalue weighted by Gasteiger charge is 2.18. The first-order valence-corrected chi connectivity index (χ1v) is 15.0. The fourth-order valence-corrected chi connectivity index (χ4v) is 7.15. The summed E-state index contributed by atoms with van der Waals surface area (Å²) in [6, 6.07) is 22.4. The topological polar surface area (TPSA) is 35.0 Å². The first kappa shape index (κ1) is 25.8. The second-order valence-electron chi connectivity index (χ2n) is 9.28. The number of benzene rings is 3. The van der Waals surface area contributed by atoms with E-state index in [0.29, 0.717) is 23.5 Å². The van der Waals surface area contributed by atoms with Gasteiger partial charge in [0.15, 0.2) is 0 Å². The molecule has 196 valence electrons. The Morgan fingerprint density at radius 2 is 1.18 bits per heavy atom. The average Bonchev–Trinajstić information content (AvgIpc) is 3.70. The third-order valence-corrected chi connectivity index (χ3v) is 9.35. The van der Waals surface area contributed by atoms with Crippen LogP contribution < -0.4 is 4.74 Å². The molecule has 3 nitrogen and oxygen atoms in total. The highest BCUT2D eigenvalue weighted by molar-refractivity contribution is 7.19. The number of aryl methyl sites for hydroxylation is 1. The molecule has 3 aromatic carbocycles. The number of hydrogen-bond donors (Lipinski definition) is 0. The van der Waals surface area contributed by atoms with Gasteiger partial charge < -0.3 is 4.74 Å². The summed E-state index contributed by atoms with van der Waals surface area (Å²) in [7, 11) is 0. The van der Waals surface area contributed by atoms with E-state index in [2.05, 4.69) is 15.7 Å². The van der Waals surface area contributed by atoms with Crippen LogP contribution in [0.2, 0.25) is 0 Å². The summed E-state index contributed by atoms with van der Waals surface area (Å²) in [5.41, 5.74) is 5.58. The predicted octanol–water partition coefficient (Wildman–Crippen LogP) is 10.2. The molecule has 0 N–H and O–H groups in total. The van der Waals surface area contributed by atoms with E-state index in [4.69, 9.17) is 4.74 Å². The molecule has 0 fully saturated rings. The van der Waals surface area contributed by atoms with Crippen LogP contribution in [0.5, 0.6) is 5.75 Å². The van der Waals surface area contributed by atoms with E-state index < -0.39 is 0 Å². The van der Waals surface area contributed by atoms with Crippen molar-refractivity contribution in [2.45, 2.75) is 26.7 Å². The summed E-state index contributed by atoms with van der Waals surface area (Å²) in [6.45, 7) is 4.56. The van der Waals surface area contributed by atoms with E-state index in [1.165, 1.54) is 40.5 Å². The number of ether oxygens (including phenoxy) is 1. The zero-order valence-corrected chi connectivity index (χ0v) is 23.8. The van der Waals surface area contributed by atoms with Crippen LogP contribution in [0.4, 0.5) is 8.78 Å². The Morgan fingerprint density at radius 1 is 0.667 bits per heavy atom. The Labute approximate surface area is 237 Å². The molecule has 0 unspecified atom stereocenters. The molecular weight excluding hydrogens is 551 g/mol. The molecule has 6 rings (SSSR count). The molecule has 0 spiro atoms. The van der Waals surface area contributed by atoms with Crippen LogP contribution in [0.25, 0.3) is 52.8 Å². The minimum Gasteiger partial charge on any atom is -0.493 e. The van der Waals surface area contributed by atoms with Gasteiger partial charge in [-0.05, 0) is 61.4 Å². The monoisotopic (exact) mass is 574 g/mol. The summed E-state index contributed by atoms with van der Waals surface area (Å²) in [5, 5.41) is 0. The standard InChI is InChI=1S/C31H24F2N2OS3/c1-3-4-15-36-19-6-8-21(25(33)17-19)27-12-14-29(38-27)23-10-9-22(30-31(23)35-39-34-30)28-13-11-26(37-28)20-7-5-18(2)16-24(20)32/h5-14,16-17H,3-4,15H2,1-2H3. The van der Waals surface area contributed by atoms with Crippen molar-refractivity contribution in [3.05, 3.63) is 90.0 Å². The zero-order chi connectivity index (χ0) is 26.9. The van der Waals surface area contributed by atoms with E-state index in [9.17, 15) is 8.78 Å². The van der Waals surface area contributed by atoms with Gasteiger partial charge in [0, 0.05) is 47.8 Å². The number of nitrogens with zero attached hydrogens (tertiary/aromatic N) is 2. The number of thiophene rings is 2. The van der Waals surface area contributed by atoms with Gasteiger partial charge >= 0.3 is 0 Å². The van der Waals surface area contributed by atoms with Gasteiger partial charge in [0.25, 0.3) is 0 Å². The largest absolute Gasteiger partial charge is 0.493 e. The van der Waals surface area contributed by atoms with Crippen LogP contribution in [0, 0.1) is 18.6 Å². The number of fused-ring (bicyclic) bond motifs is 1. The van der Waals surface area contributed by atoms with Crippen LogP contribution in [0.3, 0.4) is 0 Å². The third kappa shape index (κ3) is 5.12. The Bertz CT molecular complexity index is 1790. The molecular formula is C31H24F2N2OS3. The highest BCUT2D eigenvalue weighted by atomic mass is 32.1. The molecule has 0 bridgehead atoms. The van der Waals surface area contributed by atoms with Gasteiger partial charge in [0.1, 0.15) is 28.4 Å². The molecule has 6 aromatic rings. The molecule has 3 heterocycles. The van der Waals surface area contributed by atoms with Gasteiger partial charge in [-0.2, -0.15) is 8.75 Å². The van der Waals surface area contributed by atoms with Gasteiger partial charge in [0.05, 0.1) is 18.3 Å². The molecule has 0 aliphatic heterocycles. The number of rotatable bonds is 8. The van der Waals surface area contributed by atoms with Gasteiger partial charge in [-0.15, -0.1) is 22.7 Å². The minimum atomic E-state index is -0.299. The highest BCUT2D eigenvalue weighted by Crippen LogP contribution is 2.43. The number of aromatic nitrogens is 2. The fraction of sp³-hybridized carbons (Fsp3) is 0.161. The first-order chi connectivity index (χ1) is 19.0. The molecule has 0 atom stereocenters. The summed E-state index contributed by atoms with van der Waals surface area (Å²) in [5.74, 6) is 0.0312. The van der Waals surface area contributed by atoms with Crippen LogP contribution in [-0.2, 0) is 0 Å². The van der Waals surface area contributed by atoms with Crippen molar-refractivity contribution >= 4 is 45.4 Å². The van der Waals surface area contributed by atoms with Crippen molar-refractivity contribution in [2.24, 2.45) is 0 Å². The van der Waals surface area contributed by atoms with Gasteiger partial charge in [-0.1, -0.05) is 37.6 Å². The maximum absolute atomic E-state index is 15.0. The minimum absolute atomic E-state index is 0.220. The van der Waals surface area contributed by atoms with Gasteiger partial charge in [0.2, 0.25) is 0 Å². The molecule has 0 radical (unpaired) electrons. The Balaban J connectivity index is 1.31. The van der Waals surface area contributed by atoms with E-state index >= 15 is 0 Å². The lowest BCUT2D eigenvalue weighted by molar-refractivity contribution is 0.308. The van der Waals surface area contributed by atoms with Crippen LogP contribution in [0.1, 0.15) is 25.3 Å². The van der Waals surface area contributed by atoms with Gasteiger partial charge in [-0.25, -0.2) is 8.78 Å². The smallest absolute Gasteiger partial charge is 0.135 e.